The zero-order valence-electron chi connectivity index (χ0n) is 10.7. The molecule has 0 saturated heterocycles. The van der Waals surface area contributed by atoms with E-state index in [-0.39, 0.29) is 16.9 Å². The molecule has 0 bridgehead atoms. The summed E-state index contributed by atoms with van der Waals surface area (Å²) in [4.78, 5) is 15.9. The van der Waals surface area contributed by atoms with Crippen LogP contribution in [0.15, 0.2) is 12.3 Å². The highest BCUT2D eigenvalue weighted by Crippen LogP contribution is 2.47. The van der Waals surface area contributed by atoms with E-state index in [2.05, 4.69) is 22.5 Å². The van der Waals surface area contributed by atoms with Crippen LogP contribution in [0.2, 0.25) is 0 Å². The van der Waals surface area contributed by atoms with Crippen LogP contribution in [0.4, 0.5) is 10.2 Å². The van der Waals surface area contributed by atoms with Crippen molar-refractivity contribution in [2.24, 2.45) is 5.41 Å². The molecule has 1 aliphatic carbocycles. The molecule has 98 valence electrons. The number of amides is 1. The highest BCUT2D eigenvalue weighted by Gasteiger charge is 2.40. The molecule has 0 radical (unpaired) electrons. The van der Waals surface area contributed by atoms with E-state index in [0.29, 0.717) is 12.4 Å². The third kappa shape index (κ3) is 2.60. The topological polar surface area (TPSA) is 54.0 Å². The zero-order valence-corrected chi connectivity index (χ0v) is 10.7. The van der Waals surface area contributed by atoms with Crippen LogP contribution in [0.3, 0.4) is 0 Å². The first kappa shape index (κ1) is 12.8. The van der Waals surface area contributed by atoms with Crippen LogP contribution < -0.4 is 10.6 Å². The summed E-state index contributed by atoms with van der Waals surface area (Å²) in [7, 11) is 1.66. The highest BCUT2D eigenvalue weighted by molar-refractivity contribution is 5.98. The number of carbonyl (C=O) groups is 1. The van der Waals surface area contributed by atoms with Crippen molar-refractivity contribution in [1.82, 2.24) is 10.3 Å². The Morgan fingerprint density at radius 3 is 2.83 bits per heavy atom. The van der Waals surface area contributed by atoms with E-state index in [0.717, 1.165) is 25.5 Å². The molecule has 1 heterocycles. The minimum absolute atomic E-state index is 0.254. The van der Waals surface area contributed by atoms with Gasteiger partial charge in [-0.25, -0.2) is 9.37 Å². The molecule has 1 aliphatic rings. The van der Waals surface area contributed by atoms with Crippen molar-refractivity contribution < 1.29 is 9.18 Å². The Hall–Kier alpha value is -1.65. The Morgan fingerprint density at radius 1 is 1.56 bits per heavy atom. The molecule has 0 unspecified atom stereocenters. The van der Waals surface area contributed by atoms with Gasteiger partial charge in [-0.2, -0.15) is 0 Å². The second-order valence-corrected chi connectivity index (χ2v) is 4.84. The lowest BCUT2D eigenvalue weighted by Crippen LogP contribution is -2.30. The number of hydrogen-bond donors (Lipinski definition) is 2. The summed E-state index contributed by atoms with van der Waals surface area (Å²) in [5.41, 5.74) is 0.528. The van der Waals surface area contributed by atoms with Crippen molar-refractivity contribution in [2.75, 3.05) is 18.9 Å². The van der Waals surface area contributed by atoms with E-state index in [1.165, 1.54) is 6.07 Å². The van der Waals surface area contributed by atoms with Gasteiger partial charge in [-0.15, -0.1) is 0 Å². The predicted molar refractivity (Wildman–Crippen MR) is 68.0 cm³/mol. The summed E-state index contributed by atoms with van der Waals surface area (Å²) in [6.45, 7) is 2.78. The quantitative estimate of drug-likeness (QED) is 0.843. The first-order valence-corrected chi connectivity index (χ1v) is 6.22. The fourth-order valence-electron chi connectivity index (χ4n) is 2.01. The fourth-order valence-corrected chi connectivity index (χ4v) is 2.01. The van der Waals surface area contributed by atoms with E-state index in [9.17, 15) is 9.18 Å². The lowest BCUT2D eigenvalue weighted by Gasteiger charge is -2.14. The van der Waals surface area contributed by atoms with E-state index in [1.54, 1.807) is 7.05 Å². The average molecular weight is 251 g/mol. The Balaban J connectivity index is 2.06. The smallest absolute Gasteiger partial charge is 0.255 e. The molecule has 2 rings (SSSR count). The van der Waals surface area contributed by atoms with E-state index in [1.807, 2.05) is 0 Å². The summed E-state index contributed by atoms with van der Waals surface area (Å²) in [6, 6.07) is 1.21. The number of hydrogen-bond acceptors (Lipinski definition) is 3. The van der Waals surface area contributed by atoms with Crippen molar-refractivity contribution in [1.29, 1.82) is 0 Å². The van der Waals surface area contributed by atoms with Crippen molar-refractivity contribution in [2.45, 2.75) is 26.2 Å². The van der Waals surface area contributed by atoms with Gasteiger partial charge in [0, 0.05) is 13.6 Å². The Morgan fingerprint density at radius 2 is 2.28 bits per heavy atom. The zero-order chi connectivity index (χ0) is 13.2. The summed E-state index contributed by atoms with van der Waals surface area (Å²) in [5.74, 6) is -0.378. The normalized spacial score (nSPS) is 16.2. The summed E-state index contributed by atoms with van der Waals surface area (Å²) in [6.07, 6.45) is 4.47. The van der Waals surface area contributed by atoms with Crippen LogP contribution in [0.25, 0.3) is 0 Å². The first-order chi connectivity index (χ1) is 8.60. The van der Waals surface area contributed by atoms with Gasteiger partial charge in [0.1, 0.15) is 11.6 Å². The third-order valence-electron chi connectivity index (χ3n) is 3.67. The van der Waals surface area contributed by atoms with Crippen LogP contribution in [0.1, 0.15) is 36.5 Å². The summed E-state index contributed by atoms with van der Waals surface area (Å²) < 4.78 is 13.1. The molecule has 4 nitrogen and oxygen atoms in total. The Bertz CT molecular complexity index is 458. The lowest BCUT2D eigenvalue weighted by atomic mass is 10.0. The number of nitrogens with zero attached hydrogens (tertiary/aromatic N) is 1. The summed E-state index contributed by atoms with van der Waals surface area (Å²) >= 11 is 0. The van der Waals surface area contributed by atoms with Gasteiger partial charge in [0.25, 0.3) is 5.91 Å². The van der Waals surface area contributed by atoms with E-state index in [4.69, 9.17) is 0 Å². The highest BCUT2D eigenvalue weighted by atomic mass is 19.1. The van der Waals surface area contributed by atoms with Gasteiger partial charge in [0.2, 0.25) is 0 Å². The van der Waals surface area contributed by atoms with Crippen molar-refractivity contribution in [3.63, 3.8) is 0 Å². The Labute approximate surface area is 106 Å². The van der Waals surface area contributed by atoms with Gasteiger partial charge >= 0.3 is 0 Å². The van der Waals surface area contributed by atoms with Crippen LogP contribution in [-0.2, 0) is 0 Å². The molecule has 1 amide bonds. The molecule has 2 N–H and O–H groups in total. The minimum atomic E-state index is -0.504. The van der Waals surface area contributed by atoms with E-state index >= 15 is 0 Å². The molecule has 0 aromatic carbocycles. The molecule has 1 fully saturated rings. The number of halogens is 1. The van der Waals surface area contributed by atoms with Gasteiger partial charge in [-0.3, -0.25) is 4.79 Å². The van der Waals surface area contributed by atoms with Crippen LogP contribution in [0.5, 0.6) is 0 Å². The van der Waals surface area contributed by atoms with Gasteiger partial charge in [-0.05, 0) is 30.7 Å². The second-order valence-electron chi connectivity index (χ2n) is 4.84. The second kappa shape index (κ2) is 4.92. The molecule has 0 spiro atoms. The van der Waals surface area contributed by atoms with Crippen molar-refractivity contribution >= 4 is 11.7 Å². The number of carbonyl (C=O) groups excluding carboxylic acids is 1. The first-order valence-electron chi connectivity index (χ1n) is 6.22. The van der Waals surface area contributed by atoms with Crippen LogP contribution in [0, 0.1) is 11.2 Å². The predicted octanol–water partition coefficient (Wildman–Crippen LogP) is 2.18. The average Bonchev–Trinajstić information content (AvgIpc) is 3.16. The fraction of sp³-hybridized carbons (Fsp3) is 0.538. The van der Waals surface area contributed by atoms with Crippen molar-refractivity contribution in [3.05, 3.63) is 23.6 Å². The van der Waals surface area contributed by atoms with Gasteiger partial charge < -0.3 is 10.6 Å². The monoisotopic (exact) mass is 251 g/mol. The standard InChI is InChI=1S/C13H18FN3O/c1-3-13(4-5-13)8-17-12(18)10-6-9(14)7-16-11(10)15-2/h6-7H,3-5,8H2,1-2H3,(H,15,16)(H,17,18). The van der Waals surface area contributed by atoms with Crippen LogP contribution >= 0.6 is 0 Å². The van der Waals surface area contributed by atoms with Gasteiger partial charge in [-0.1, -0.05) is 6.92 Å². The lowest BCUT2D eigenvalue weighted by molar-refractivity contribution is 0.0944. The molecule has 18 heavy (non-hydrogen) atoms. The number of pyridine rings is 1. The minimum Gasteiger partial charge on any atom is -0.372 e. The van der Waals surface area contributed by atoms with Gasteiger partial charge in [0.05, 0.1) is 11.8 Å². The number of anilines is 1. The largest absolute Gasteiger partial charge is 0.372 e. The molecule has 5 heteroatoms. The molecule has 1 saturated carbocycles. The maximum atomic E-state index is 13.1. The number of rotatable bonds is 5. The maximum Gasteiger partial charge on any atom is 0.255 e. The third-order valence-corrected chi connectivity index (χ3v) is 3.67. The van der Waals surface area contributed by atoms with Gasteiger partial charge in [0.15, 0.2) is 0 Å². The molecule has 0 atom stereocenters. The Kier molecular flexibility index (Phi) is 3.50. The molecular formula is C13H18FN3O. The van der Waals surface area contributed by atoms with Crippen molar-refractivity contribution in [3.8, 4) is 0 Å². The molecule has 0 aliphatic heterocycles. The molecule has 1 aromatic heterocycles. The SMILES string of the molecule is CCC1(CNC(=O)c2cc(F)cnc2NC)CC1. The maximum absolute atomic E-state index is 13.1. The van der Waals surface area contributed by atoms with E-state index < -0.39 is 5.82 Å². The molecular weight excluding hydrogens is 233 g/mol. The molecule has 1 aromatic rings. The number of aromatic nitrogens is 1. The number of nitrogens with one attached hydrogen (secondary N) is 2. The summed E-state index contributed by atoms with van der Waals surface area (Å²) in [5, 5.41) is 5.66. The van der Waals surface area contributed by atoms with Crippen LogP contribution in [-0.4, -0.2) is 24.5 Å².